The monoisotopic (exact) mass is 1020 g/mol. The number of rotatable bonds is 15. The number of phosphoric ester groups is 1. The normalized spacial score (nSPS) is 32.1. The van der Waals surface area contributed by atoms with E-state index in [2.05, 4.69) is 8.62 Å². The van der Waals surface area contributed by atoms with Crippen molar-refractivity contribution in [3.8, 4) is 17.2 Å². The third kappa shape index (κ3) is 9.62. The maximum atomic E-state index is 16.4. The first-order valence-electron chi connectivity index (χ1n) is 23.6. The zero-order valence-corrected chi connectivity index (χ0v) is 43.1. The number of phosphoric acid groups is 3. The number of piperidine rings is 1. The van der Waals surface area contributed by atoms with E-state index < -0.39 is 81.2 Å². The molecule has 1 aromatic rings. The highest BCUT2D eigenvalue weighted by atomic mass is 31.3. The van der Waals surface area contributed by atoms with Gasteiger partial charge in [-0.25, -0.2) is 13.7 Å². The van der Waals surface area contributed by atoms with Crippen LogP contribution in [0.4, 0.5) is 0 Å². The SMILES string of the molecule is CC(C)=CCCC1(C)C=Cc2c(c(CC=C(C)C)c3c(c2OP(=O)(O)OP(=O)(O)OP(=O)(O)O)C(=O)C2C(N4CCOCC4)C4CC5C(C)(C)OC(CC=C(C)C(=O)N6CCCCC6)(C4=O)C25O3)O1. The molecule has 22 heteroatoms. The molecule has 1 aromatic carbocycles. The summed E-state index contributed by atoms with van der Waals surface area (Å²) in [5.41, 5.74) is -3.36. The molecule has 9 unspecified atom stereocenters. The Labute approximate surface area is 402 Å². The van der Waals surface area contributed by atoms with Crippen LogP contribution in [-0.4, -0.2) is 115 Å². The molecule has 8 aliphatic rings. The average molecular weight is 1020 g/mol. The van der Waals surface area contributed by atoms with E-state index in [1.165, 1.54) is 0 Å². The molecule has 0 aromatic heterocycles. The van der Waals surface area contributed by atoms with E-state index in [4.69, 9.17) is 23.5 Å². The van der Waals surface area contributed by atoms with Gasteiger partial charge in [0.2, 0.25) is 5.91 Å². The standard InChI is InChI=1S/C47H65N2O17P3/c1-28(2)13-12-18-45(8)19-17-32-39(61-45)31(15-14-29(3)4)40-35(41(32)63-68(56,57)66-69(58,59)65-67(53,54)55)38(50)36-37(48-23-25-60-26-24-48)33-27-34-44(6,7)64-46(42(33)51,47(34,36)62-40)20-16-30(5)43(52)49-21-10-9-11-22-49/h13-14,16-17,19,33-34,36-37H,9-12,15,18,20-27H2,1-8H3,(H,56,57)(H,58,59)(H2,53,54,55). The van der Waals surface area contributed by atoms with Crippen LogP contribution in [0.3, 0.4) is 0 Å². The van der Waals surface area contributed by atoms with Gasteiger partial charge in [0.15, 0.2) is 28.5 Å². The Bertz CT molecular complexity index is 2560. The van der Waals surface area contributed by atoms with Crippen LogP contribution in [0.25, 0.3) is 6.08 Å². The summed E-state index contributed by atoms with van der Waals surface area (Å²) < 4.78 is 79.9. The van der Waals surface area contributed by atoms with Crippen LogP contribution in [0.2, 0.25) is 0 Å². The Hall–Kier alpha value is -3.28. The third-order valence-electron chi connectivity index (χ3n) is 14.8. The van der Waals surface area contributed by atoms with Crippen LogP contribution in [0.5, 0.6) is 17.2 Å². The first kappa shape index (κ1) is 52.1. The number of hydrogen-bond acceptors (Lipinski definition) is 14. The van der Waals surface area contributed by atoms with E-state index in [9.17, 15) is 38.1 Å². The molecule has 19 nitrogen and oxygen atoms in total. The van der Waals surface area contributed by atoms with Gasteiger partial charge in [-0.3, -0.25) is 24.2 Å². The Kier molecular flexibility index (Phi) is 14.1. The predicted molar refractivity (Wildman–Crippen MR) is 251 cm³/mol. The summed E-state index contributed by atoms with van der Waals surface area (Å²) in [6, 6.07) is -0.800. The number of hydrogen-bond donors (Lipinski definition) is 4. The van der Waals surface area contributed by atoms with Crippen LogP contribution >= 0.6 is 23.5 Å². The average Bonchev–Trinajstić information content (AvgIpc) is 3.39. The largest absolute Gasteiger partial charge is 0.536 e. The van der Waals surface area contributed by atoms with Crippen molar-refractivity contribution in [3.05, 3.63) is 57.7 Å². The van der Waals surface area contributed by atoms with Crippen molar-refractivity contribution in [3.63, 3.8) is 0 Å². The van der Waals surface area contributed by atoms with Gasteiger partial charge in [0.1, 0.15) is 22.7 Å². The van der Waals surface area contributed by atoms with Gasteiger partial charge in [-0.15, -0.1) is 0 Å². The zero-order valence-electron chi connectivity index (χ0n) is 40.4. The van der Waals surface area contributed by atoms with Gasteiger partial charge in [0.05, 0.1) is 30.3 Å². The van der Waals surface area contributed by atoms with Crippen molar-refractivity contribution >= 4 is 47.0 Å². The molecular weight excluding hydrogens is 957 g/mol. The van der Waals surface area contributed by atoms with Crippen molar-refractivity contribution in [1.82, 2.24) is 9.80 Å². The number of likely N-dealkylation sites (tertiary alicyclic amines) is 1. The Balaban J connectivity index is 1.39. The molecule has 0 radical (unpaired) electrons. The van der Waals surface area contributed by atoms with E-state index in [0.717, 1.165) is 30.4 Å². The number of morpholine rings is 1. The Morgan fingerprint density at radius 1 is 0.855 bits per heavy atom. The molecule has 5 aliphatic heterocycles. The minimum absolute atomic E-state index is 0.0240. The second kappa shape index (κ2) is 18.6. The third-order valence-corrected chi connectivity index (χ3v) is 18.5. The summed E-state index contributed by atoms with van der Waals surface area (Å²) in [6.45, 7) is 17.5. The number of ketones is 2. The summed E-state index contributed by atoms with van der Waals surface area (Å²) in [5, 5.41) is 0. The second-order valence-corrected chi connectivity index (χ2v) is 24.9. The molecule has 1 spiro atoms. The molecule has 4 bridgehead atoms. The van der Waals surface area contributed by atoms with E-state index in [1.807, 2.05) is 65.5 Å². The molecule has 3 saturated carbocycles. The first-order chi connectivity index (χ1) is 32.1. The van der Waals surface area contributed by atoms with E-state index >= 15 is 9.59 Å². The van der Waals surface area contributed by atoms with Crippen LogP contribution in [0, 0.1) is 17.8 Å². The molecule has 4 N–H and O–H groups in total. The van der Waals surface area contributed by atoms with Gasteiger partial charge in [-0.1, -0.05) is 29.4 Å². The lowest BCUT2D eigenvalue weighted by molar-refractivity contribution is -0.215. The van der Waals surface area contributed by atoms with Gasteiger partial charge in [-0.2, -0.15) is 8.62 Å². The number of amides is 1. The highest BCUT2D eigenvalue weighted by Crippen LogP contribution is 2.72. The van der Waals surface area contributed by atoms with Crippen molar-refractivity contribution < 1.29 is 79.7 Å². The van der Waals surface area contributed by atoms with Crippen molar-refractivity contribution in [2.24, 2.45) is 17.8 Å². The fraction of sp³-hybridized carbons (Fsp3) is 0.638. The molecule has 5 heterocycles. The Morgan fingerprint density at radius 3 is 2.16 bits per heavy atom. The van der Waals surface area contributed by atoms with Gasteiger partial charge in [-0.05, 0) is 112 Å². The lowest BCUT2D eigenvalue weighted by atomic mass is 9.44. The molecule has 9 atom stereocenters. The van der Waals surface area contributed by atoms with E-state index in [0.29, 0.717) is 63.4 Å². The maximum absolute atomic E-state index is 16.4. The number of allylic oxidation sites excluding steroid dienone is 4. The van der Waals surface area contributed by atoms with Crippen LogP contribution < -0.4 is 14.0 Å². The topological polar surface area (TPSA) is 254 Å². The first-order valence-corrected chi connectivity index (χ1v) is 28.1. The minimum Gasteiger partial charge on any atom is -0.482 e. The minimum atomic E-state index is -6.04. The number of carbonyl (C=O) groups is 3. The number of fused-ring (bicyclic) bond motifs is 2. The van der Waals surface area contributed by atoms with Gasteiger partial charge >= 0.3 is 23.5 Å². The number of carbonyl (C=O) groups excluding carboxylic acids is 3. The zero-order chi connectivity index (χ0) is 50.3. The summed E-state index contributed by atoms with van der Waals surface area (Å²) in [4.78, 5) is 90.1. The fourth-order valence-corrected chi connectivity index (χ4v) is 15.0. The van der Waals surface area contributed by atoms with Crippen LogP contribution in [-0.2, 0) is 47.8 Å². The van der Waals surface area contributed by atoms with Gasteiger partial charge in [0.25, 0.3) is 0 Å². The molecule has 3 aliphatic carbocycles. The molecule has 1 amide bonds. The molecule has 6 fully saturated rings. The fourth-order valence-electron chi connectivity index (χ4n) is 11.9. The number of ether oxygens (including phenoxy) is 4. The van der Waals surface area contributed by atoms with Gasteiger partial charge < -0.3 is 43.1 Å². The number of nitrogens with zero attached hydrogens (tertiary/aromatic N) is 2. The quantitative estimate of drug-likeness (QED) is 0.0751. The smallest absolute Gasteiger partial charge is 0.482 e. The van der Waals surface area contributed by atoms with E-state index in [-0.39, 0.29) is 53.6 Å². The Morgan fingerprint density at radius 2 is 1.52 bits per heavy atom. The predicted octanol–water partition coefficient (Wildman–Crippen LogP) is 7.56. The molecule has 3 saturated heterocycles. The van der Waals surface area contributed by atoms with Crippen molar-refractivity contribution in [2.45, 2.75) is 135 Å². The molecule has 380 valence electrons. The lowest BCUT2D eigenvalue weighted by Crippen LogP contribution is -2.82. The van der Waals surface area contributed by atoms with E-state index in [1.54, 1.807) is 30.1 Å². The summed E-state index contributed by atoms with van der Waals surface area (Å²) in [6.07, 6.45) is 13.0. The van der Waals surface area contributed by atoms with Crippen molar-refractivity contribution in [1.29, 1.82) is 0 Å². The number of benzene rings is 1. The highest BCUT2D eigenvalue weighted by molar-refractivity contribution is 7.66. The summed E-state index contributed by atoms with van der Waals surface area (Å²) in [5.74, 6) is -4.39. The lowest BCUT2D eigenvalue weighted by Gasteiger charge is -2.64. The van der Waals surface area contributed by atoms with Gasteiger partial charge in [0, 0.05) is 61.6 Å². The van der Waals surface area contributed by atoms with Crippen LogP contribution in [0.1, 0.15) is 122 Å². The molecule has 9 rings (SSSR count). The number of Topliss-reactive ketones (excluding diaryl/α,β-unsaturated/α-hetero) is 2. The second-order valence-electron chi connectivity index (χ2n) is 20.6. The highest BCUT2D eigenvalue weighted by Gasteiger charge is 2.86. The van der Waals surface area contributed by atoms with Crippen molar-refractivity contribution in [2.75, 3.05) is 39.4 Å². The summed E-state index contributed by atoms with van der Waals surface area (Å²) >= 11 is 0. The molecular formula is C47H65N2O17P3. The van der Waals surface area contributed by atoms with Crippen LogP contribution in [0.15, 0.2) is 41.0 Å². The molecule has 69 heavy (non-hydrogen) atoms. The summed E-state index contributed by atoms with van der Waals surface area (Å²) in [7, 11) is -17.8. The maximum Gasteiger partial charge on any atom is 0.536 e.